The maximum Gasteiger partial charge on any atom is 0.311 e. The zero-order valence-corrected chi connectivity index (χ0v) is 41.3. The van der Waals surface area contributed by atoms with Crippen LogP contribution in [0.4, 0.5) is 0 Å². The number of carbonyl (C=O) groups excluding carboxylic acids is 1. The summed E-state index contributed by atoms with van der Waals surface area (Å²) in [5.74, 6) is -2.23. The number of carbonyl (C=O) groups is 1. The molecule has 16 nitrogen and oxygen atoms in total. The second kappa shape index (κ2) is 24.1. The van der Waals surface area contributed by atoms with E-state index in [4.69, 9.17) is 52.2 Å². The molecule has 0 aliphatic carbocycles. The van der Waals surface area contributed by atoms with Crippen LogP contribution in [0.2, 0.25) is 0 Å². The fourth-order valence-corrected chi connectivity index (χ4v) is 10.1. The van der Waals surface area contributed by atoms with Crippen LogP contribution in [0.15, 0.2) is 0 Å². The highest BCUT2D eigenvalue weighted by atomic mass is 35.5. The van der Waals surface area contributed by atoms with Gasteiger partial charge in [-0.25, -0.2) is 0 Å². The first-order chi connectivity index (χ1) is 28.8. The number of aliphatic hydroxyl groups is 5. The van der Waals surface area contributed by atoms with Crippen LogP contribution >= 0.6 is 23.8 Å². The molecule has 18 atom stereocenters. The van der Waals surface area contributed by atoms with Gasteiger partial charge in [-0.15, -0.1) is 11.6 Å². The van der Waals surface area contributed by atoms with E-state index in [9.17, 15) is 30.3 Å². The van der Waals surface area contributed by atoms with Crippen LogP contribution in [0, 0.1) is 17.8 Å². The van der Waals surface area contributed by atoms with Crippen molar-refractivity contribution in [2.24, 2.45) is 17.8 Å². The van der Waals surface area contributed by atoms with Gasteiger partial charge in [-0.2, -0.15) is 0 Å². The van der Waals surface area contributed by atoms with Crippen molar-refractivity contribution in [1.82, 2.24) is 20.4 Å². The Morgan fingerprint density at radius 1 is 0.968 bits per heavy atom. The van der Waals surface area contributed by atoms with Crippen molar-refractivity contribution in [3.63, 3.8) is 0 Å². The van der Waals surface area contributed by atoms with E-state index in [2.05, 4.69) is 15.5 Å². The SMILES string of the molecule is CC[C@H]1OC(=O)[C@H](C)[C@@H](O[C@H]2C[C@@](C)(OC)[C@@H](O)[C@H](C)O2)[C@H](C)[C@@H](O[C@@H]2O[C@H](C)C[C@H](N(C)C)[C@H]2O)[C@](C)(O)C[C@@H](C)CN(CCCNC(=S)NCCCCl)[C@H](C)[C@@H](O)[C@]1(C)O. The van der Waals surface area contributed by atoms with Gasteiger partial charge >= 0.3 is 5.97 Å². The Kier molecular flexibility index (Phi) is 21.5. The molecule has 3 saturated heterocycles. The maximum atomic E-state index is 14.5. The summed E-state index contributed by atoms with van der Waals surface area (Å²) in [5.41, 5.74) is -4.53. The summed E-state index contributed by atoms with van der Waals surface area (Å²) in [6, 6.07) is -0.915. The van der Waals surface area contributed by atoms with Gasteiger partial charge in [0.2, 0.25) is 0 Å². The standard InChI is InChI=1S/C44H83ClN4O12S/c1-14-32-44(10,55)36(51)29(6)49(20-16-19-47-41(62)46-18-15-17-45)24-25(2)22-42(8,54)38(61-40-34(50)31(48(11)12)21-26(3)57-40)27(4)35(28(5)39(53)59-32)60-33-23-43(9,56-13)37(52)30(7)58-33/h25-38,40,50-52,54-55H,14-24H2,1-13H3,(H2,46,47,62)/t25-,26-,27+,28-,29-,30+,31+,32-,33+,34-,35+,36-,37+,38-,40+,42-,43-,44-/m1/s1. The molecule has 0 aromatic carbocycles. The third-order valence-corrected chi connectivity index (χ3v) is 14.1. The summed E-state index contributed by atoms with van der Waals surface area (Å²) in [6.07, 6.45) is -7.27. The minimum atomic E-state index is -1.87. The molecule has 0 amide bonds. The number of nitrogens with zero attached hydrogens (tertiary/aromatic N) is 2. The maximum absolute atomic E-state index is 14.5. The molecule has 0 spiro atoms. The average molecular weight is 928 g/mol. The van der Waals surface area contributed by atoms with E-state index in [-0.39, 0.29) is 37.3 Å². The number of likely N-dealkylation sites (N-methyl/N-ethyl adjacent to an activating group) is 1. The predicted octanol–water partition coefficient (Wildman–Crippen LogP) is 2.75. The lowest BCUT2D eigenvalue weighted by Gasteiger charge is -2.48. The highest BCUT2D eigenvalue weighted by Crippen LogP contribution is 2.40. The zero-order chi connectivity index (χ0) is 46.9. The number of cyclic esters (lactones) is 1. The predicted molar refractivity (Wildman–Crippen MR) is 242 cm³/mol. The van der Waals surface area contributed by atoms with Crippen LogP contribution in [-0.4, -0.2) is 190 Å². The molecule has 364 valence electrons. The van der Waals surface area contributed by atoms with E-state index in [1.807, 2.05) is 46.7 Å². The number of ether oxygens (including phenoxy) is 6. The first kappa shape index (κ1) is 55.3. The number of aliphatic hydroxyl groups excluding tert-OH is 3. The number of rotatable bonds is 14. The molecule has 0 aromatic rings. The third-order valence-electron chi connectivity index (χ3n) is 13.5. The fraction of sp³-hybridized carbons (Fsp3) is 0.955. The lowest BCUT2D eigenvalue weighted by molar-refractivity contribution is -0.318. The van der Waals surface area contributed by atoms with Crippen molar-refractivity contribution in [3.05, 3.63) is 0 Å². The fourth-order valence-electron chi connectivity index (χ4n) is 9.71. The first-order valence-electron chi connectivity index (χ1n) is 22.7. The molecule has 0 aromatic heterocycles. The number of nitrogens with one attached hydrogen (secondary N) is 2. The average Bonchev–Trinajstić information content (AvgIpc) is 3.20. The molecule has 0 bridgehead atoms. The van der Waals surface area contributed by atoms with Crippen molar-refractivity contribution < 1.29 is 58.7 Å². The van der Waals surface area contributed by atoms with Crippen LogP contribution in [0.3, 0.4) is 0 Å². The first-order valence-corrected chi connectivity index (χ1v) is 23.6. The summed E-state index contributed by atoms with van der Waals surface area (Å²) >= 11 is 11.2. The van der Waals surface area contributed by atoms with Crippen LogP contribution in [-0.2, 0) is 33.2 Å². The second-order valence-corrected chi connectivity index (χ2v) is 20.1. The van der Waals surface area contributed by atoms with Gasteiger partial charge < -0.3 is 69.5 Å². The topological polar surface area (TPSA) is 204 Å². The van der Waals surface area contributed by atoms with Crippen molar-refractivity contribution >= 4 is 34.9 Å². The molecule has 3 fully saturated rings. The van der Waals surface area contributed by atoms with Crippen LogP contribution in [0.25, 0.3) is 0 Å². The molecular formula is C44H83ClN4O12S. The Bertz CT molecular complexity index is 1390. The summed E-state index contributed by atoms with van der Waals surface area (Å²) in [5, 5.41) is 66.5. The molecule has 3 aliphatic rings. The van der Waals surface area contributed by atoms with Gasteiger partial charge in [0.25, 0.3) is 0 Å². The lowest BCUT2D eigenvalue weighted by Crippen LogP contribution is -2.60. The number of hydrogen-bond acceptors (Lipinski definition) is 15. The molecule has 62 heavy (non-hydrogen) atoms. The number of methoxy groups -OCH3 is 1. The van der Waals surface area contributed by atoms with Gasteiger partial charge in [-0.1, -0.05) is 20.8 Å². The van der Waals surface area contributed by atoms with E-state index in [0.717, 1.165) is 6.42 Å². The van der Waals surface area contributed by atoms with Gasteiger partial charge in [0.05, 0.1) is 41.5 Å². The number of thiocarbonyl (C=S) groups is 1. The molecular weight excluding hydrogens is 844 g/mol. The Labute approximate surface area is 382 Å². The molecule has 3 aliphatic heterocycles. The summed E-state index contributed by atoms with van der Waals surface area (Å²) < 4.78 is 38.0. The zero-order valence-electron chi connectivity index (χ0n) is 39.7. The molecule has 0 saturated carbocycles. The Hall–Kier alpha value is -1.03. The summed E-state index contributed by atoms with van der Waals surface area (Å²) in [6.45, 7) is 19.8. The molecule has 18 heteroatoms. The largest absolute Gasteiger partial charge is 0.459 e. The molecule has 3 heterocycles. The minimum Gasteiger partial charge on any atom is -0.459 e. The van der Waals surface area contributed by atoms with Crippen LogP contribution in [0.5, 0.6) is 0 Å². The van der Waals surface area contributed by atoms with Gasteiger partial charge in [-0.3, -0.25) is 9.69 Å². The van der Waals surface area contributed by atoms with E-state index < -0.39 is 96.0 Å². The minimum absolute atomic E-state index is 0.115. The molecule has 0 radical (unpaired) electrons. The number of alkyl halides is 1. The van der Waals surface area contributed by atoms with Crippen LogP contribution < -0.4 is 10.6 Å². The van der Waals surface area contributed by atoms with E-state index in [0.29, 0.717) is 50.0 Å². The van der Waals surface area contributed by atoms with Crippen molar-refractivity contribution in [2.75, 3.05) is 53.3 Å². The van der Waals surface area contributed by atoms with Crippen molar-refractivity contribution in [2.45, 2.75) is 198 Å². The van der Waals surface area contributed by atoms with Gasteiger partial charge in [0, 0.05) is 63.6 Å². The highest BCUT2D eigenvalue weighted by Gasteiger charge is 2.53. The van der Waals surface area contributed by atoms with Gasteiger partial charge in [-0.05, 0) is 113 Å². The van der Waals surface area contributed by atoms with Crippen molar-refractivity contribution in [1.29, 1.82) is 0 Å². The number of esters is 1. The molecule has 3 rings (SSSR count). The second-order valence-electron chi connectivity index (χ2n) is 19.3. The normalized spacial score (nSPS) is 43.4. The Morgan fingerprint density at radius 2 is 1.60 bits per heavy atom. The number of hydrogen-bond donors (Lipinski definition) is 7. The van der Waals surface area contributed by atoms with E-state index in [1.54, 1.807) is 34.6 Å². The van der Waals surface area contributed by atoms with Crippen LogP contribution in [0.1, 0.15) is 108 Å². The molecule has 0 unspecified atom stereocenters. The van der Waals surface area contributed by atoms with Gasteiger partial charge in [0.1, 0.15) is 30.0 Å². The quantitative estimate of drug-likeness (QED) is 0.0580. The third kappa shape index (κ3) is 14.2. The lowest BCUT2D eigenvalue weighted by atomic mass is 9.77. The summed E-state index contributed by atoms with van der Waals surface area (Å²) in [7, 11) is 5.28. The monoisotopic (exact) mass is 927 g/mol. The smallest absolute Gasteiger partial charge is 0.311 e. The van der Waals surface area contributed by atoms with E-state index in [1.165, 1.54) is 14.0 Å². The highest BCUT2D eigenvalue weighted by molar-refractivity contribution is 7.80. The summed E-state index contributed by atoms with van der Waals surface area (Å²) in [4.78, 5) is 18.5. The molecule has 7 N–H and O–H groups in total. The van der Waals surface area contributed by atoms with E-state index >= 15 is 0 Å². The van der Waals surface area contributed by atoms with Crippen molar-refractivity contribution in [3.8, 4) is 0 Å². The number of halogens is 1. The Balaban J connectivity index is 2.13. The Morgan fingerprint density at radius 3 is 2.18 bits per heavy atom. The van der Waals surface area contributed by atoms with Gasteiger partial charge in [0.15, 0.2) is 17.7 Å².